The van der Waals surface area contributed by atoms with Crippen molar-refractivity contribution in [2.75, 3.05) is 13.2 Å². The Hall–Kier alpha value is -1.92. The van der Waals surface area contributed by atoms with Crippen LogP contribution in [0.4, 0.5) is 0 Å². The molecule has 6 nitrogen and oxygen atoms in total. The average molecular weight is 915 g/mol. The first-order valence-electron chi connectivity index (χ1n) is 28.8. The summed E-state index contributed by atoms with van der Waals surface area (Å²) in [5, 5.41) is 23.1. The highest BCUT2D eigenvalue weighted by Crippen LogP contribution is 2.16. The monoisotopic (exact) mass is 914 g/mol. The van der Waals surface area contributed by atoms with Crippen molar-refractivity contribution in [2.45, 2.75) is 315 Å². The summed E-state index contributed by atoms with van der Waals surface area (Å²) in [7, 11) is 0. The van der Waals surface area contributed by atoms with E-state index in [1.165, 1.54) is 218 Å². The highest BCUT2D eigenvalue weighted by Gasteiger charge is 2.18. The SMILES string of the molecule is CCCCCCCC/C=C\CCCCCCCC(=O)OCCCCCCCC/C=C\CCCCCCCCCC(=O)NC(CO)C(O)/C=C/CCCCCCCCCCCCCCCC. The number of carbonyl (C=O) groups excluding carboxylic acids is 2. The molecule has 0 saturated heterocycles. The lowest BCUT2D eigenvalue weighted by Crippen LogP contribution is -2.45. The Morgan fingerprint density at radius 1 is 0.415 bits per heavy atom. The molecule has 2 unspecified atom stereocenters. The molecule has 0 spiro atoms. The summed E-state index contributed by atoms with van der Waals surface area (Å²) in [5.41, 5.74) is 0. The quantitative estimate of drug-likeness (QED) is 0.0321. The lowest BCUT2D eigenvalue weighted by atomic mass is 10.0. The normalized spacial score (nSPS) is 12.9. The highest BCUT2D eigenvalue weighted by molar-refractivity contribution is 5.76. The summed E-state index contributed by atoms with van der Waals surface area (Å²) in [4.78, 5) is 24.5. The number of aliphatic hydroxyl groups excluding tert-OH is 2. The molecule has 3 N–H and O–H groups in total. The van der Waals surface area contributed by atoms with Crippen molar-refractivity contribution in [3.05, 3.63) is 36.5 Å². The summed E-state index contributed by atoms with van der Waals surface area (Å²) in [6.45, 7) is 4.88. The number of ether oxygens (including phenoxy) is 1. The molecule has 6 heteroatoms. The van der Waals surface area contributed by atoms with E-state index in [1.807, 2.05) is 6.08 Å². The number of rotatable bonds is 53. The molecule has 0 aliphatic heterocycles. The van der Waals surface area contributed by atoms with Crippen LogP contribution in [0, 0.1) is 0 Å². The topological polar surface area (TPSA) is 95.9 Å². The molecule has 0 fully saturated rings. The zero-order valence-electron chi connectivity index (χ0n) is 43.5. The highest BCUT2D eigenvalue weighted by atomic mass is 16.5. The molecule has 0 saturated carbocycles. The number of esters is 1. The van der Waals surface area contributed by atoms with Gasteiger partial charge in [-0.15, -0.1) is 0 Å². The van der Waals surface area contributed by atoms with Crippen LogP contribution in [0.1, 0.15) is 303 Å². The summed E-state index contributed by atoms with van der Waals surface area (Å²) < 4.78 is 5.46. The zero-order chi connectivity index (χ0) is 47.2. The Balaban J connectivity index is 3.49. The van der Waals surface area contributed by atoms with Gasteiger partial charge in [0, 0.05) is 12.8 Å². The second-order valence-corrected chi connectivity index (χ2v) is 19.6. The van der Waals surface area contributed by atoms with E-state index in [9.17, 15) is 19.8 Å². The number of carbonyl (C=O) groups is 2. The van der Waals surface area contributed by atoms with E-state index >= 15 is 0 Å². The fraction of sp³-hybridized carbons (Fsp3) is 0.864. The molecule has 0 aromatic heterocycles. The lowest BCUT2D eigenvalue weighted by Gasteiger charge is -2.20. The van der Waals surface area contributed by atoms with Gasteiger partial charge in [0.05, 0.1) is 25.4 Å². The van der Waals surface area contributed by atoms with Gasteiger partial charge in [0.15, 0.2) is 0 Å². The summed E-state index contributed by atoms with van der Waals surface area (Å²) in [6.07, 6.45) is 67.3. The lowest BCUT2D eigenvalue weighted by molar-refractivity contribution is -0.143. The van der Waals surface area contributed by atoms with Gasteiger partial charge >= 0.3 is 5.97 Å². The van der Waals surface area contributed by atoms with Gasteiger partial charge in [0.2, 0.25) is 5.91 Å². The summed E-state index contributed by atoms with van der Waals surface area (Å²) in [5.74, 6) is -0.0904. The van der Waals surface area contributed by atoms with Crippen LogP contribution >= 0.6 is 0 Å². The molecule has 0 bridgehead atoms. The molecule has 0 heterocycles. The van der Waals surface area contributed by atoms with Gasteiger partial charge < -0.3 is 20.3 Å². The molecular weight excluding hydrogens is 803 g/mol. The third kappa shape index (κ3) is 51.3. The van der Waals surface area contributed by atoms with E-state index in [0.29, 0.717) is 19.4 Å². The van der Waals surface area contributed by atoms with Crippen molar-refractivity contribution in [3.8, 4) is 0 Å². The summed E-state index contributed by atoms with van der Waals surface area (Å²) in [6, 6.07) is -0.637. The van der Waals surface area contributed by atoms with Crippen LogP contribution in [-0.2, 0) is 14.3 Å². The molecule has 0 aromatic rings. The molecule has 65 heavy (non-hydrogen) atoms. The predicted molar refractivity (Wildman–Crippen MR) is 283 cm³/mol. The second kappa shape index (κ2) is 54.7. The van der Waals surface area contributed by atoms with E-state index in [2.05, 4.69) is 43.5 Å². The Labute approximate surface area is 404 Å². The average Bonchev–Trinajstić information content (AvgIpc) is 3.31. The first-order chi connectivity index (χ1) is 32.0. The van der Waals surface area contributed by atoms with Crippen LogP contribution in [0.25, 0.3) is 0 Å². The number of allylic oxidation sites excluding steroid dienone is 5. The molecule has 382 valence electrons. The van der Waals surface area contributed by atoms with Crippen LogP contribution < -0.4 is 5.32 Å². The number of hydrogen-bond acceptors (Lipinski definition) is 5. The van der Waals surface area contributed by atoms with Crippen molar-refractivity contribution in [1.82, 2.24) is 5.32 Å². The molecule has 0 aliphatic rings. The maximum atomic E-state index is 12.5. The minimum absolute atomic E-state index is 0.0109. The van der Waals surface area contributed by atoms with Crippen molar-refractivity contribution in [2.24, 2.45) is 0 Å². The van der Waals surface area contributed by atoms with Crippen molar-refractivity contribution < 1.29 is 24.5 Å². The first kappa shape index (κ1) is 63.1. The number of hydrogen-bond donors (Lipinski definition) is 3. The molecule has 0 rings (SSSR count). The minimum atomic E-state index is -0.853. The van der Waals surface area contributed by atoms with Gasteiger partial charge in [-0.25, -0.2) is 0 Å². The minimum Gasteiger partial charge on any atom is -0.466 e. The fourth-order valence-electron chi connectivity index (χ4n) is 8.68. The van der Waals surface area contributed by atoms with Crippen LogP contribution in [0.2, 0.25) is 0 Å². The van der Waals surface area contributed by atoms with E-state index in [1.54, 1.807) is 6.08 Å². The van der Waals surface area contributed by atoms with Gasteiger partial charge in [0.1, 0.15) is 0 Å². The maximum Gasteiger partial charge on any atom is 0.305 e. The van der Waals surface area contributed by atoms with Crippen LogP contribution in [-0.4, -0.2) is 47.4 Å². The van der Waals surface area contributed by atoms with Gasteiger partial charge in [-0.05, 0) is 83.5 Å². The van der Waals surface area contributed by atoms with E-state index in [0.717, 1.165) is 57.8 Å². The largest absolute Gasteiger partial charge is 0.466 e. The number of nitrogens with one attached hydrogen (secondary N) is 1. The summed E-state index contributed by atoms with van der Waals surface area (Å²) >= 11 is 0. The van der Waals surface area contributed by atoms with Crippen LogP contribution in [0.15, 0.2) is 36.5 Å². The number of unbranched alkanes of at least 4 members (excludes halogenated alkanes) is 38. The first-order valence-corrected chi connectivity index (χ1v) is 28.8. The molecular formula is C59H111NO5. The standard InChI is InChI=1S/C59H111NO5/c1-3-5-7-9-11-13-15-17-19-24-27-31-35-39-43-47-51-57(62)56(55-61)60-58(63)52-48-44-40-36-32-28-25-21-20-22-26-30-34-38-42-46-50-54-65-59(64)53-49-45-41-37-33-29-23-18-16-14-12-10-8-6-4-2/h18,20,22-23,47,51,56-57,61-62H,3-17,19,21,24-46,48-50,52-55H2,1-2H3,(H,60,63)/b22-20-,23-18-,51-47+. The third-order valence-corrected chi connectivity index (χ3v) is 13.1. The molecule has 0 aliphatic carbocycles. The number of aliphatic hydroxyl groups is 2. The van der Waals surface area contributed by atoms with E-state index in [-0.39, 0.29) is 18.5 Å². The smallest absolute Gasteiger partial charge is 0.305 e. The van der Waals surface area contributed by atoms with Crippen molar-refractivity contribution in [1.29, 1.82) is 0 Å². The third-order valence-electron chi connectivity index (χ3n) is 13.1. The van der Waals surface area contributed by atoms with Crippen LogP contribution in [0.5, 0.6) is 0 Å². The maximum absolute atomic E-state index is 12.5. The Morgan fingerprint density at radius 2 is 0.723 bits per heavy atom. The van der Waals surface area contributed by atoms with Crippen molar-refractivity contribution >= 4 is 11.9 Å². The van der Waals surface area contributed by atoms with Crippen LogP contribution in [0.3, 0.4) is 0 Å². The molecule has 1 amide bonds. The fourth-order valence-corrected chi connectivity index (χ4v) is 8.68. The van der Waals surface area contributed by atoms with E-state index in [4.69, 9.17) is 4.74 Å². The van der Waals surface area contributed by atoms with Gasteiger partial charge in [-0.1, -0.05) is 243 Å². The predicted octanol–water partition coefficient (Wildman–Crippen LogP) is 17.6. The number of amides is 1. The second-order valence-electron chi connectivity index (χ2n) is 19.6. The molecule has 0 radical (unpaired) electrons. The van der Waals surface area contributed by atoms with Crippen molar-refractivity contribution in [3.63, 3.8) is 0 Å². The van der Waals surface area contributed by atoms with Gasteiger partial charge in [-0.3, -0.25) is 9.59 Å². The Kier molecular flexibility index (Phi) is 53.1. The zero-order valence-corrected chi connectivity index (χ0v) is 43.5. The Bertz CT molecular complexity index is 1060. The van der Waals surface area contributed by atoms with E-state index < -0.39 is 12.1 Å². The van der Waals surface area contributed by atoms with Gasteiger partial charge in [-0.2, -0.15) is 0 Å². The molecule has 0 aromatic carbocycles. The molecule has 2 atom stereocenters. The Morgan fingerprint density at radius 3 is 1.09 bits per heavy atom. The van der Waals surface area contributed by atoms with Gasteiger partial charge in [0.25, 0.3) is 0 Å².